The van der Waals surface area contributed by atoms with Crippen LogP contribution in [0.15, 0.2) is 0 Å². The van der Waals surface area contributed by atoms with Crippen molar-refractivity contribution in [1.29, 1.82) is 0 Å². The molecule has 0 aliphatic carbocycles. The summed E-state index contributed by atoms with van der Waals surface area (Å²) >= 11 is 15.5. The lowest BCUT2D eigenvalue weighted by molar-refractivity contribution is -0.00339. The van der Waals surface area contributed by atoms with E-state index in [2.05, 4.69) is 6.92 Å². The summed E-state index contributed by atoms with van der Waals surface area (Å²) in [6.07, 6.45) is 2.82. The molecule has 0 heterocycles. The molecule has 0 saturated carbocycles. The Morgan fingerprint density at radius 3 is 1.94 bits per heavy atom. The third-order valence-electron chi connectivity index (χ3n) is 2.58. The molecule has 0 aliphatic rings. The Hall–Kier alpha value is 0.877. The van der Waals surface area contributed by atoms with Gasteiger partial charge < -0.3 is 0 Å². The van der Waals surface area contributed by atoms with Gasteiger partial charge in [0.05, 0.1) is 0 Å². The number of hydrogen-bond donors (Lipinski definition) is 0. The molecule has 0 spiro atoms. The maximum atomic E-state index is 13.3. The molecule has 7 heteroatoms. The molecule has 0 fully saturated rings. The highest BCUT2D eigenvalue weighted by molar-refractivity contribution is 7.65. The number of hydrogen-bond acceptors (Lipinski definition) is 0. The Morgan fingerprint density at radius 1 is 1.00 bits per heavy atom. The van der Waals surface area contributed by atoms with E-state index in [-0.39, 0.29) is 6.42 Å². The minimum absolute atomic E-state index is 0.236. The minimum Gasteiger partial charge on any atom is -0.241 e. The maximum Gasteiger partial charge on any atom is 0.419 e. The fourth-order valence-corrected chi connectivity index (χ4v) is 3.03. The first kappa shape index (κ1) is 17.9. The van der Waals surface area contributed by atoms with Crippen molar-refractivity contribution in [2.75, 3.05) is 0 Å². The summed E-state index contributed by atoms with van der Waals surface area (Å²) in [5, 5.41) is 0. The predicted octanol–water partition coefficient (Wildman–Crippen LogP) is 5.90. The van der Waals surface area contributed by atoms with Crippen LogP contribution in [0.1, 0.15) is 51.9 Å². The maximum absolute atomic E-state index is 13.3. The Kier molecular flexibility index (Phi) is 8.55. The molecule has 0 aliphatic heterocycles. The van der Waals surface area contributed by atoms with Crippen LogP contribution >= 0.6 is 33.2 Å². The predicted molar refractivity (Wildman–Crippen MR) is 71.1 cm³/mol. The van der Waals surface area contributed by atoms with Crippen molar-refractivity contribution in [3.05, 3.63) is 0 Å². The smallest absolute Gasteiger partial charge is 0.241 e. The molecule has 1 unspecified atom stereocenters. The third-order valence-corrected chi connectivity index (χ3v) is 5.92. The highest BCUT2D eigenvalue weighted by Crippen LogP contribution is 2.42. The summed E-state index contributed by atoms with van der Waals surface area (Å²) in [6, 6.07) is -4.32. The van der Waals surface area contributed by atoms with Crippen LogP contribution in [0, 0.1) is 0 Å². The number of rotatable bonds is 9. The first-order valence-electron chi connectivity index (χ1n) is 5.82. The Bertz CT molecular complexity index is 209. The molecule has 0 aromatic heterocycles. The highest BCUT2D eigenvalue weighted by atomic mass is 35.8. The number of alkyl halides is 3. The quantitative estimate of drug-likeness (QED) is 0.280. The van der Waals surface area contributed by atoms with E-state index in [9.17, 15) is 13.2 Å². The van der Waals surface area contributed by atoms with Gasteiger partial charge in [-0.05, 0) is 6.42 Å². The van der Waals surface area contributed by atoms with Gasteiger partial charge in [-0.3, -0.25) is 0 Å². The van der Waals surface area contributed by atoms with Crippen LogP contribution in [0.5, 0.6) is 0 Å². The lowest BCUT2D eigenvalue weighted by Gasteiger charge is -2.25. The monoisotopic (exact) mass is 328 g/mol. The van der Waals surface area contributed by atoms with E-state index in [1.54, 1.807) is 0 Å². The van der Waals surface area contributed by atoms with Crippen molar-refractivity contribution < 1.29 is 13.2 Å². The second kappa shape index (κ2) is 8.13. The van der Waals surface area contributed by atoms with E-state index in [1.165, 1.54) is 0 Å². The Balaban J connectivity index is 3.82. The van der Waals surface area contributed by atoms with Crippen molar-refractivity contribution in [1.82, 2.24) is 0 Å². The van der Waals surface area contributed by atoms with Gasteiger partial charge >= 0.3 is 11.5 Å². The molecule has 0 saturated heterocycles. The Labute approximate surface area is 116 Å². The molecule has 0 nitrogen and oxygen atoms in total. The van der Waals surface area contributed by atoms with Crippen molar-refractivity contribution >= 4 is 39.2 Å². The summed E-state index contributed by atoms with van der Waals surface area (Å²) in [7, 11) is 0. The minimum atomic E-state index is -4.32. The molecule has 0 bridgehead atoms. The van der Waals surface area contributed by atoms with E-state index in [4.69, 9.17) is 33.2 Å². The molecule has 0 N–H and O–H groups in total. The summed E-state index contributed by atoms with van der Waals surface area (Å²) in [4.78, 5) is 0. The molecule has 1 atom stereocenters. The SMILES string of the molecule is CCCCCCCCC(F)C(F)(F)[Si](Cl)(Cl)Cl. The zero-order valence-corrected chi connectivity index (χ0v) is 13.1. The van der Waals surface area contributed by atoms with E-state index >= 15 is 0 Å². The van der Waals surface area contributed by atoms with Gasteiger partial charge in [0.2, 0.25) is 0 Å². The van der Waals surface area contributed by atoms with Gasteiger partial charge in [-0.1, -0.05) is 45.4 Å². The van der Waals surface area contributed by atoms with E-state index in [0.717, 1.165) is 32.1 Å². The topological polar surface area (TPSA) is 0 Å². The fourth-order valence-electron chi connectivity index (χ4n) is 1.46. The zero-order chi connectivity index (χ0) is 13.5. The molecule has 0 amide bonds. The molecular formula is C10H18Cl3F3Si. The van der Waals surface area contributed by atoms with Crippen LogP contribution in [0.2, 0.25) is 0 Å². The summed E-state index contributed by atoms with van der Waals surface area (Å²) in [6.45, 7) is 2.09. The van der Waals surface area contributed by atoms with Gasteiger partial charge in [0.25, 0.3) is 0 Å². The third kappa shape index (κ3) is 6.55. The van der Waals surface area contributed by atoms with E-state index in [1.807, 2.05) is 0 Å². The van der Waals surface area contributed by atoms with Gasteiger partial charge in [0.15, 0.2) is 6.17 Å². The van der Waals surface area contributed by atoms with Crippen LogP contribution in [0.3, 0.4) is 0 Å². The summed E-state index contributed by atoms with van der Waals surface area (Å²) in [5.41, 5.74) is -3.79. The van der Waals surface area contributed by atoms with Crippen molar-refractivity contribution in [3.63, 3.8) is 0 Å². The summed E-state index contributed by atoms with van der Waals surface area (Å²) in [5.74, 6) is 0. The second-order valence-electron chi connectivity index (χ2n) is 4.14. The molecule has 0 rings (SSSR count). The molecule has 17 heavy (non-hydrogen) atoms. The van der Waals surface area contributed by atoms with Crippen LogP contribution in [-0.4, -0.2) is 17.7 Å². The lowest BCUT2D eigenvalue weighted by atomic mass is 10.1. The largest absolute Gasteiger partial charge is 0.419 e. The van der Waals surface area contributed by atoms with Gasteiger partial charge in [0.1, 0.15) is 0 Å². The lowest BCUT2D eigenvalue weighted by Crippen LogP contribution is -2.47. The zero-order valence-electron chi connectivity index (χ0n) is 9.79. The average molecular weight is 330 g/mol. The highest BCUT2D eigenvalue weighted by Gasteiger charge is 2.59. The average Bonchev–Trinajstić information content (AvgIpc) is 2.21. The molecule has 0 aromatic carbocycles. The molecule has 0 aromatic rings. The van der Waals surface area contributed by atoms with Crippen molar-refractivity contribution in [2.45, 2.75) is 63.6 Å². The normalized spacial score (nSPS) is 15.0. The van der Waals surface area contributed by atoms with Gasteiger partial charge in [-0.15, -0.1) is 33.2 Å². The summed E-state index contributed by atoms with van der Waals surface area (Å²) < 4.78 is 39.8. The van der Waals surface area contributed by atoms with E-state index < -0.39 is 17.7 Å². The number of unbranched alkanes of at least 4 members (excludes halogenated alkanes) is 5. The van der Waals surface area contributed by atoms with Crippen LogP contribution < -0.4 is 0 Å². The number of halogens is 6. The molecule has 0 radical (unpaired) electrons. The van der Waals surface area contributed by atoms with Gasteiger partial charge in [-0.25, -0.2) is 13.2 Å². The van der Waals surface area contributed by atoms with Crippen molar-refractivity contribution in [3.8, 4) is 0 Å². The van der Waals surface area contributed by atoms with Crippen LogP contribution in [0.25, 0.3) is 0 Å². The molecular weight excluding hydrogens is 312 g/mol. The Morgan fingerprint density at radius 2 is 1.47 bits per heavy atom. The fraction of sp³-hybridized carbons (Fsp3) is 1.00. The second-order valence-corrected chi connectivity index (χ2v) is 12.7. The van der Waals surface area contributed by atoms with Crippen LogP contribution in [0.4, 0.5) is 13.2 Å². The van der Waals surface area contributed by atoms with Gasteiger partial charge in [-0.2, -0.15) is 0 Å². The molecule has 104 valence electrons. The first-order chi connectivity index (χ1) is 7.73. The van der Waals surface area contributed by atoms with Crippen molar-refractivity contribution in [2.24, 2.45) is 0 Å². The van der Waals surface area contributed by atoms with Gasteiger partial charge in [0, 0.05) is 0 Å². The van der Waals surface area contributed by atoms with E-state index in [0.29, 0.717) is 6.42 Å². The first-order valence-corrected chi connectivity index (χ1v) is 10.9. The standard InChI is InChI=1S/C10H18Cl3F3Si/c1-2-3-4-5-6-7-8-9(14)10(15,16)17(11,12)13/h9H,2-8H2,1H3. The van der Waals surface area contributed by atoms with Crippen LogP contribution in [-0.2, 0) is 0 Å².